The normalized spacial score (nSPS) is 10.8. The van der Waals surface area contributed by atoms with Crippen LogP contribution in [0.25, 0.3) is 16.9 Å². The summed E-state index contributed by atoms with van der Waals surface area (Å²) in [5, 5.41) is 2.92. The third-order valence-corrected chi connectivity index (χ3v) is 6.47. The van der Waals surface area contributed by atoms with E-state index in [2.05, 4.69) is 5.32 Å². The van der Waals surface area contributed by atoms with Crippen LogP contribution < -0.4 is 19.5 Å². The van der Waals surface area contributed by atoms with Crippen molar-refractivity contribution in [2.75, 3.05) is 60.4 Å². The van der Waals surface area contributed by atoms with Crippen molar-refractivity contribution in [3.63, 3.8) is 0 Å². The summed E-state index contributed by atoms with van der Waals surface area (Å²) in [6, 6.07) is 21.8. The third kappa shape index (κ3) is 7.43. The van der Waals surface area contributed by atoms with Crippen LogP contribution in [0.1, 0.15) is 10.4 Å². The molecule has 1 N–H and O–H groups in total. The summed E-state index contributed by atoms with van der Waals surface area (Å²) in [5.74, 6) is 1.81. The molecule has 0 spiro atoms. The van der Waals surface area contributed by atoms with E-state index in [1.165, 1.54) is 4.90 Å². The molecule has 0 aliphatic rings. The molecular formula is C31H35N5O5. The molecule has 0 aliphatic carbocycles. The molecule has 0 saturated carbocycles. The molecule has 41 heavy (non-hydrogen) atoms. The number of nitrogens with one attached hydrogen (secondary N) is 1. The first kappa shape index (κ1) is 29.2. The predicted molar refractivity (Wildman–Crippen MR) is 158 cm³/mol. The Labute approximate surface area is 240 Å². The fraction of sp³-hybridized carbons (Fsp3) is 0.258. The van der Waals surface area contributed by atoms with Gasteiger partial charge in [-0.2, -0.15) is 0 Å². The van der Waals surface area contributed by atoms with E-state index in [1.807, 2.05) is 73.7 Å². The Hall–Kier alpha value is -4.83. The number of carbonyl (C=O) groups excluding carboxylic acids is 2. The van der Waals surface area contributed by atoms with E-state index in [-0.39, 0.29) is 18.4 Å². The number of rotatable bonds is 12. The van der Waals surface area contributed by atoms with Gasteiger partial charge in [-0.05, 0) is 86.9 Å². The minimum Gasteiger partial charge on any atom is -0.497 e. The second-order valence-electron chi connectivity index (χ2n) is 9.55. The Morgan fingerprint density at radius 3 is 1.85 bits per heavy atom. The average Bonchev–Trinajstić information content (AvgIpc) is 3.42. The Morgan fingerprint density at radius 2 is 1.32 bits per heavy atom. The van der Waals surface area contributed by atoms with E-state index >= 15 is 0 Å². The Morgan fingerprint density at radius 1 is 0.780 bits per heavy atom. The number of hydrogen-bond acceptors (Lipinski definition) is 7. The van der Waals surface area contributed by atoms with Gasteiger partial charge >= 0.3 is 0 Å². The summed E-state index contributed by atoms with van der Waals surface area (Å²) < 4.78 is 17.6. The maximum absolute atomic E-state index is 13.4. The highest BCUT2D eigenvalue weighted by molar-refractivity contribution is 5.99. The number of imidazole rings is 1. The van der Waals surface area contributed by atoms with Gasteiger partial charge in [-0.15, -0.1) is 0 Å². The van der Waals surface area contributed by atoms with Crippen LogP contribution in [-0.4, -0.2) is 86.2 Å². The van der Waals surface area contributed by atoms with E-state index in [1.54, 1.807) is 50.2 Å². The predicted octanol–water partition coefficient (Wildman–Crippen LogP) is 4.21. The number of hydrogen-bond donors (Lipinski definition) is 1. The molecule has 0 unspecified atom stereocenters. The first-order chi connectivity index (χ1) is 19.8. The van der Waals surface area contributed by atoms with E-state index in [9.17, 15) is 9.59 Å². The number of aromatic nitrogens is 2. The minimum atomic E-state index is -0.368. The second kappa shape index (κ2) is 13.5. The first-order valence-corrected chi connectivity index (χ1v) is 13.1. The summed E-state index contributed by atoms with van der Waals surface area (Å²) >= 11 is 0. The monoisotopic (exact) mass is 557 g/mol. The number of benzene rings is 3. The van der Waals surface area contributed by atoms with Gasteiger partial charge in [-0.25, -0.2) is 4.98 Å². The van der Waals surface area contributed by atoms with Crippen molar-refractivity contribution in [2.24, 2.45) is 0 Å². The molecule has 0 bridgehead atoms. The lowest BCUT2D eigenvalue weighted by Gasteiger charge is -2.24. The Kier molecular flexibility index (Phi) is 9.60. The number of methoxy groups -OCH3 is 3. The van der Waals surface area contributed by atoms with Gasteiger partial charge in [-0.1, -0.05) is 0 Å². The molecule has 0 aliphatic heterocycles. The van der Waals surface area contributed by atoms with Crippen LogP contribution in [0.2, 0.25) is 0 Å². The molecule has 1 aromatic heterocycles. The fourth-order valence-electron chi connectivity index (χ4n) is 4.14. The largest absolute Gasteiger partial charge is 0.497 e. The number of likely N-dealkylation sites (N-methyl/N-ethyl adjacent to an activating group) is 1. The van der Waals surface area contributed by atoms with Gasteiger partial charge in [0.05, 0.1) is 27.0 Å². The smallest absolute Gasteiger partial charge is 0.254 e. The molecule has 1 heterocycles. The van der Waals surface area contributed by atoms with Gasteiger partial charge in [0.15, 0.2) is 0 Å². The molecule has 214 valence electrons. The molecule has 4 aromatic rings. The maximum atomic E-state index is 13.4. The molecule has 0 radical (unpaired) electrons. The average molecular weight is 558 g/mol. The Bertz CT molecular complexity index is 1450. The van der Waals surface area contributed by atoms with Crippen LogP contribution in [0, 0.1) is 0 Å². The van der Waals surface area contributed by atoms with E-state index in [0.717, 1.165) is 17.0 Å². The molecule has 0 saturated heterocycles. The van der Waals surface area contributed by atoms with Crippen LogP contribution in [0.15, 0.2) is 79.0 Å². The lowest BCUT2D eigenvalue weighted by molar-refractivity contribution is -0.117. The molecule has 0 fully saturated rings. The van der Waals surface area contributed by atoms with Crippen molar-refractivity contribution in [1.29, 1.82) is 0 Å². The zero-order chi connectivity index (χ0) is 29.4. The van der Waals surface area contributed by atoms with Crippen molar-refractivity contribution >= 4 is 17.8 Å². The highest BCUT2D eigenvalue weighted by Gasteiger charge is 2.21. The highest BCUT2D eigenvalue weighted by atomic mass is 16.5. The van der Waals surface area contributed by atoms with Crippen LogP contribution >= 0.6 is 0 Å². The van der Waals surface area contributed by atoms with Crippen LogP contribution in [0.4, 0.5) is 5.95 Å². The summed E-state index contributed by atoms with van der Waals surface area (Å²) in [6.45, 7) is 0.818. The van der Waals surface area contributed by atoms with Crippen molar-refractivity contribution in [1.82, 2.24) is 19.4 Å². The van der Waals surface area contributed by atoms with Gasteiger partial charge in [-0.3, -0.25) is 19.5 Å². The first-order valence-electron chi connectivity index (χ1n) is 13.1. The molecule has 4 rings (SSSR count). The standard InChI is InChI=1S/C31H35N5O5/c1-34(2)18-19-35(30(38)23-8-14-26(40-4)15-9-23)21-29(37)33-31-32-28(22-6-12-25(39-3)13-7-22)20-36(31)24-10-16-27(41-5)17-11-24/h6-17,20H,18-19,21H2,1-5H3,(H,32,33,37). The van der Waals surface area contributed by atoms with Crippen LogP contribution in [0.3, 0.4) is 0 Å². The van der Waals surface area contributed by atoms with Gasteiger partial charge in [0.25, 0.3) is 5.91 Å². The SMILES string of the molecule is COc1ccc(C(=O)N(CCN(C)C)CC(=O)Nc2nc(-c3ccc(OC)cc3)cn2-c2ccc(OC)cc2)cc1. The number of carbonyl (C=O) groups is 2. The van der Waals surface area contributed by atoms with Crippen molar-refractivity contribution in [3.05, 3.63) is 84.6 Å². The summed E-state index contributed by atoms with van der Waals surface area (Å²) in [4.78, 5) is 35.0. The number of ether oxygens (including phenoxy) is 3. The van der Waals surface area contributed by atoms with Gasteiger partial charge in [0, 0.05) is 36.1 Å². The van der Waals surface area contributed by atoms with E-state index < -0.39 is 0 Å². The molecule has 0 atom stereocenters. The van der Waals surface area contributed by atoms with Crippen LogP contribution in [-0.2, 0) is 4.79 Å². The molecule has 3 aromatic carbocycles. The van der Waals surface area contributed by atoms with E-state index in [0.29, 0.717) is 41.8 Å². The number of nitrogens with zero attached hydrogens (tertiary/aromatic N) is 4. The summed E-state index contributed by atoms with van der Waals surface area (Å²) in [7, 11) is 8.63. The maximum Gasteiger partial charge on any atom is 0.254 e. The summed E-state index contributed by atoms with van der Waals surface area (Å²) in [5.41, 5.74) is 2.78. The zero-order valence-electron chi connectivity index (χ0n) is 24.0. The van der Waals surface area contributed by atoms with Crippen molar-refractivity contribution in [3.8, 4) is 34.2 Å². The van der Waals surface area contributed by atoms with Gasteiger partial charge < -0.3 is 24.0 Å². The van der Waals surface area contributed by atoms with Gasteiger partial charge in [0.2, 0.25) is 11.9 Å². The number of anilines is 1. The Balaban J connectivity index is 1.61. The lowest BCUT2D eigenvalue weighted by Crippen LogP contribution is -2.41. The topological polar surface area (TPSA) is 98.2 Å². The van der Waals surface area contributed by atoms with Crippen LogP contribution in [0.5, 0.6) is 17.2 Å². The third-order valence-electron chi connectivity index (χ3n) is 6.47. The molecule has 2 amide bonds. The minimum absolute atomic E-state index is 0.147. The molecule has 10 heteroatoms. The van der Waals surface area contributed by atoms with Crippen molar-refractivity contribution < 1.29 is 23.8 Å². The quantitative estimate of drug-likeness (QED) is 0.279. The van der Waals surface area contributed by atoms with Gasteiger partial charge in [0.1, 0.15) is 23.8 Å². The zero-order valence-corrected chi connectivity index (χ0v) is 24.0. The number of amides is 2. The fourth-order valence-corrected chi connectivity index (χ4v) is 4.14. The summed E-state index contributed by atoms with van der Waals surface area (Å²) in [6.07, 6.45) is 1.85. The highest BCUT2D eigenvalue weighted by Crippen LogP contribution is 2.27. The molecule has 10 nitrogen and oxygen atoms in total. The lowest BCUT2D eigenvalue weighted by atomic mass is 10.1. The molecular weight excluding hydrogens is 522 g/mol. The second-order valence-corrected chi connectivity index (χ2v) is 9.55. The van der Waals surface area contributed by atoms with Crippen molar-refractivity contribution in [2.45, 2.75) is 0 Å². The van der Waals surface area contributed by atoms with E-state index in [4.69, 9.17) is 19.2 Å².